The molecule has 0 atom stereocenters. The molecule has 2 heterocycles. The van der Waals surface area contributed by atoms with Gasteiger partial charge in [0.05, 0.1) is 18.2 Å². The van der Waals surface area contributed by atoms with Gasteiger partial charge < -0.3 is 14.6 Å². The number of rotatable bonds is 4. The van der Waals surface area contributed by atoms with Gasteiger partial charge in [0, 0.05) is 16.6 Å². The summed E-state index contributed by atoms with van der Waals surface area (Å²) in [7, 11) is 1.59. The number of likely N-dealkylation sites (tertiary alicyclic amines) is 1. The SMILES string of the molecule is COc1ccc(Br)cc1/C=C1\Oc2c(CN3CCC(C)CC3)c(O)cc(C)c2C1=O. The Hall–Kier alpha value is -2.31. The van der Waals surface area contributed by atoms with Crippen molar-refractivity contribution in [1.82, 2.24) is 4.90 Å². The molecule has 2 aliphatic rings. The molecular formula is C24H26BrNO4. The Bertz CT molecular complexity index is 1020. The maximum Gasteiger partial charge on any atom is 0.232 e. The topological polar surface area (TPSA) is 59.0 Å². The van der Waals surface area contributed by atoms with Crippen molar-refractivity contribution in [2.75, 3.05) is 20.2 Å². The number of carbonyl (C=O) groups is 1. The van der Waals surface area contributed by atoms with Crippen LogP contribution in [-0.2, 0) is 6.54 Å². The van der Waals surface area contributed by atoms with Crippen LogP contribution in [0.25, 0.3) is 6.08 Å². The summed E-state index contributed by atoms with van der Waals surface area (Å²) >= 11 is 3.46. The number of fused-ring (bicyclic) bond motifs is 1. The van der Waals surface area contributed by atoms with Crippen LogP contribution in [0.5, 0.6) is 17.2 Å². The van der Waals surface area contributed by atoms with Gasteiger partial charge in [-0.25, -0.2) is 0 Å². The lowest BCUT2D eigenvalue weighted by Crippen LogP contribution is -2.32. The van der Waals surface area contributed by atoms with E-state index in [-0.39, 0.29) is 17.3 Å². The van der Waals surface area contributed by atoms with Crippen LogP contribution in [0.1, 0.15) is 46.8 Å². The van der Waals surface area contributed by atoms with E-state index in [0.29, 0.717) is 34.7 Å². The van der Waals surface area contributed by atoms with E-state index in [9.17, 15) is 9.90 Å². The van der Waals surface area contributed by atoms with E-state index >= 15 is 0 Å². The minimum Gasteiger partial charge on any atom is -0.507 e. The Morgan fingerprint density at radius 2 is 2.03 bits per heavy atom. The van der Waals surface area contributed by atoms with Gasteiger partial charge in [0.2, 0.25) is 5.78 Å². The highest BCUT2D eigenvalue weighted by Crippen LogP contribution is 2.43. The molecule has 2 aromatic carbocycles. The van der Waals surface area contributed by atoms with Gasteiger partial charge in [-0.15, -0.1) is 0 Å². The average molecular weight is 472 g/mol. The number of hydrogen-bond acceptors (Lipinski definition) is 5. The summed E-state index contributed by atoms with van der Waals surface area (Å²) < 4.78 is 12.4. The van der Waals surface area contributed by atoms with Gasteiger partial charge in [-0.1, -0.05) is 22.9 Å². The lowest BCUT2D eigenvalue weighted by molar-refractivity contribution is 0.101. The molecule has 158 valence electrons. The number of phenolic OH excluding ortho intramolecular Hbond substituents is 1. The molecule has 0 aliphatic carbocycles. The molecule has 1 N–H and O–H groups in total. The minimum atomic E-state index is -0.168. The summed E-state index contributed by atoms with van der Waals surface area (Å²) in [5.41, 5.74) is 2.68. The number of hydrogen-bond donors (Lipinski definition) is 1. The first-order chi connectivity index (χ1) is 14.4. The molecule has 1 saturated heterocycles. The van der Waals surface area contributed by atoms with Crippen LogP contribution in [0.15, 0.2) is 34.5 Å². The van der Waals surface area contributed by atoms with Gasteiger partial charge in [0.15, 0.2) is 5.76 Å². The third kappa shape index (κ3) is 3.98. The van der Waals surface area contributed by atoms with Crippen molar-refractivity contribution >= 4 is 27.8 Å². The number of aromatic hydroxyl groups is 1. The highest BCUT2D eigenvalue weighted by atomic mass is 79.9. The molecule has 0 unspecified atom stereocenters. The maximum absolute atomic E-state index is 13.2. The number of carbonyl (C=O) groups excluding carboxylic acids is 1. The zero-order valence-corrected chi connectivity index (χ0v) is 19.1. The molecule has 6 heteroatoms. The molecule has 0 radical (unpaired) electrons. The number of phenols is 1. The Balaban J connectivity index is 1.70. The summed E-state index contributed by atoms with van der Waals surface area (Å²) in [6.07, 6.45) is 3.99. The van der Waals surface area contributed by atoms with E-state index in [1.165, 1.54) is 0 Å². The largest absolute Gasteiger partial charge is 0.507 e. The first-order valence-electron chi connectivity index (χ1n) is 10.2. The van der Waals surface area contributed by atoms with Crippen LogP contribution >= 0.6 is 15.9 Å². The third-order valence-corrected chi connectivity index (χ3v) is 6.45. The molecule has 0 amide bonds. The predicted molar refractivity (Wildman–Crippen MR) is 120 cm³/mol. The number of piperidine rings is 1. The first-order valence-corrected chi connectivity index (χ1v) is 11.0. The van der Waals surface area contributed by atoms with Crippen LogP contribution in [0.4, 0.5) is 0 Å². The summed E-state index contributed by atoms with van der Waals surface area (Å²) in [4.78, 5) is 15.5. The number of methoxy groups -OCH3 is 1. The summed E-state index contributed by atoms with van der Waals surface area (Å²) in [6.45, 7) is 6.63. The van der Waals surface area contributed by atoms with Gasteiger partial charge in [-0.3, -0.25) is 9.69 Å². The van der Waals surface area contributed by atoms with E-state index in [4.69, 9.17) is 9.47 Å². The summed E-state index contributed by atoms with van der Waals surface area (Å²) in [6, 6.07) is 7.27. The van der Waals surface area contributed by atoms with Crippen molar-refractivity contribution < 1.29 is 19.4 Å². The zero-order chi connectivity index (χ0) is 21.4. The number of ether oxygens (including phenoxy) is 2. The zero-order valence-electron chi connectivity index (χ0n) is 17.5. The van der Waals surface area contributed by atoms with E-state index in [2.05, 4.69) is 27.8 Å². The molecule has 30 heavy (non-hydrogen) atoms. The second-order valence-electron chi connectivity index (χ2n) is 8.18. The number of halogens is 1. The molecule has 0 bridgehead atoms. The highest BCUT2D eigenvalue weighted by Gasteiger charge is 2.34. The van der Waals surface area contributed by atoms with Gasteiger partial charge in [0.1, 0.15) is 17.2 Å². The van der Waals surface area contributed by atoms with Gasteiger partial charge >= 0.3 is 0 Å². The van der Waals surface area contributed by atoms with Crippen LogP contribution < -0.4 is 9.47 Å². The first kappa shape index (κ1) is 20.9. The Kier molecular flexibility index (Phi) is 5.89. The van der Waals surface area contributed by atoms with Crippen LogP contribution in [0.3, 0.4) is 0 Å². The van der Waals surface area contributed by atoms with Gasteiger partial charge in [-0.05, 0) is 74.7 Å². The molecule has 0 spiro atoms. The third-order valence-electron chi connectivity index (χ3n) is 5.96. The van der Waals surface area contributed by atoms with Crippen LogP contribution in [-0.4, -0.2) is 36.0 Å². The quantitative estimate of drug-likeness (QED) is 0.611. The predicted octanol–water partition coefficient (Wildman–Crippen LogP) is 5.32. The van der Waals surface area contributed by atoms with Crippen molar-refractivity contribution in [1.29, 1.82) is 0 Å². The van der Waals surface area contributed by atoms with Gasteiger partial charge in [0.25, 0.3) is 0 Å². The standard InChI is InChI=1S/C24H26BrNO4/c1-14-6-8-26(9-7-14)13-18-19(27)10-15(2)22-23(28)21(30-24(18)22)12-16-11-17(25)4-5-20(16)29-3/h4-5,10-12,14,27H,6-9,13H2,1-3H3/b21-12-. The number of nitrogens with zero attached hydrogens (tertiary/aromatic N) is 1. The summed E-state index contributed by atoms with van der Waals surface area (Å²) in [5, 5.41) is 10.7. The second-order valence-corrected chi connectivity index (χ2v) is 9.10. The fourth-order valence-corrected chi connectivity index (χ4v) is 4.51. The molecule has 1 fully saturated rings. The molecule has 2 aromatic rings. The Morgan fingerprint density at radius 1 is 1.30 bits per heavy atom. The average Bonchev–Trinajstić information content (AvgIpc) is 3.03. The van der Waals surface area contributed by atoms with Gasteiger partial charge in [-0.2, -0.15) is 0 Å². The van der Waals surface area contributed by atoms with Crippen LogP contribution in [0.2, 0.25) is 0 Å². The number of aryl methyl sites for hydroxylation is 1. The Morgan fingerprint density at radius 3 is 2.73 bits per heavy atom. The lowest BCUT2D eigenvalue weighted by Gasteiger charge is -2.30. The van der Waals surface area contributed by atoms with E-state index in [1.54, 1.807) is 19.3 Å². The van der Waals surface area contributed by atoms with Crippen molar-refractivity contribution in [2.45, 2.75) is 33.2 Å². The number of allylic oxidation sites excluding steroid dienone is 1. The van der Waals surface area contributed by atoms with Crippen molar-refractivity contribution in [3.05, 3.63) is 56.8 Å². The number of benzene rings is 2. The molecular weight excluding hydrogens is 446 g/mol. The summed E-state index contributed by atoms with van der Waals surface area (Å²) in [5.74, 6) is 2.11. The molecule has 0 saturated carbocycles. The lowest BCUT2D eigenvalue weighted by atomic mass is 9.96. The van der Waals surface area contributed by atoms with Crippen molar-refractivity contribution in [3.8, 4) is 17.2 Å². The highest BCUT2D eigenvalue weighted by molar-refractivity contribution is 9.10. The number of Topliss-reactive ketones (excluding diaryl/α,β-unsaturated/α-hetero) is 1. The fraction of sp³-hybridized carbons (Fsp3) is 0.375. The normalized spacial score (nSPS) is 18.5. The van der Waals surface area contributed by atoms with Crippen LogP contribution in [0, 0.1) is 12.8 Å². The van der Waals surface area contributed by atoms with E-state index in [1.807, 2.05) is 25.1 Å². The number of ketones is 1. The molecule has 4 rings (SSSR count). The maximum atomic E-state index is 13.2. The second kappa shape index (κ2) is 8.44. The van der Waals surface area contributed by atoms with E-state index in [0.717, 1.165) is 41.9 Å². The molecule has 5 nitrogen and oxygen atoms in total. The molecule has 2 aliphatic heterocycles. The monoisotopic (exact) mass is 471 g/mol. The van der Waals surface area contributed by atoms with Crippen molar-refractivity contribution in [3.63, 3.8) is 0 Å². The molecule has 0 aromatic heterocycles. The van der Waals surface area contributed by atoms with Crippen molar-refractivity contribution in [2.24, 2.45) is 5.92 Å². The Labute approximate surface area is 185 Å². The van der Waals surface area contributed by atoms with E-state index < -0.39 is 0 Å². The minimum absolute atomic E-state index is 0.168. The smallest absolute Gasteiger partial charge is 0.232 e. The fourth-order valence-electron chi connectivity index (χ4n) is 4.14.